The highest BCUT2D eigenvalue weighted by atomic mass is 19.1. The van der Waals surface area contributed by atoms with Crippen molar-refractivity contribution in [3.8, 4) is 11.5 Å². The predicted molar refractivity (Wildman–Crippen MR) is 81.2 cm³/mol. The van der Waals surface area contributed by atoms with E-state index in [9.17, 15) is 4.39 Å². The molecule has 0 radical (unpaired) electrons. The molecule has 0 heterocycles. The maximum atomic E-state index is 13.0. The average Bonchev–Trinajstić information content (AvgIpc) is 2.48. The molecule has 0 aliphatic rings. The lowest BCUT2D eigenvalue weighted by Crippen LogP contribution is -2.35. The monoisotopic (exact) mass is 289 g/mol. The number of rotatable bonds is 5. The van der Waals surface area contributed by atoms with E-state index in [0.717, 1.165) is 11.1 Å². The first-order chi connectivity index (χ1) is 9.96. The fourth-order valence-electron chi connectivity index (χ4n) is 2.32. The lowest BCUT2D eigenvalue weighted by Gasteiger charge is -2.26. The molecule has 2 aromatic carbocycles. The number of ether oxygens (including phenoxy) is 2. The largest absolute Gasteiger partial charge is 0.493 e. The Bertz CT molecular complexity index is 609. The van der Waals surface area contributed by atoms with Gasteiger partial charge >= 0.3 is 0 Å². The molecule has 1 atom stereocenters. The molecule has 2 rings (SSSR count). The number of nitrogens with two attached hydrogens (primary N) is 1. The van der Waals surface area contributed by atoms with Gasteiger partial charge in [0.15, 0.2) is 11.5 Å². The van der Waals surface area contributed by atoms with E-state index in [1.165, 1.54) is 12.1 Å². The molecule has 0 fully saturated rings. The number of methoxy groups -OCH3 is 2. The molecule has 21 heavy (non-hydrogen) atoms. The van der Waals surface area contributed by atoms with Gasteiger partial charge < -0.3 is 15.2 Å². The highest BCUT2D eigenvalue weighted by Crippen LogP contribution is 2.32. The van der Waals surface area contributed by atoms with E-state index in [0.29, 0.717) is 17.9 Å². The first-order valence-corrected chi connectivity index (χ1v) is 6.72. The number of halogens is 1. The summed E-state index contributed by atoms with van der Waals surface area (Å²) in [5.41, 5.74) is 7.76. The van der Waals surface area contributed by atoms with Crippen molar-refractivity contribution in [1.29, 1.82) is 0 Å². The molecule has 0 aliphatic heterocycles. The molecule has 1 unspecified atom stereocenters. The molecular formula is C17H20FNO2. The second-order valence-electron chi connectivity index (χ2n) is 5.29. The third-order valence-electron chi connectivity index (χ3n) is 3.53. The topological polar surface area (TPSA) is 44.5 Å². The van der Waals surface area contributed by atoms with E-state index in [-0.39, 0.29) is 5.82 Å². The quantitative estimate of drug-likeness (QED) is 0.919. The zero-order chi connectivity index (χ0) is 15.5. The lowest BCUT2D eigenvalue weighted by molar-refractivity contribution is 0.352. The summed E-state index contributed by atoms with van der Waals surface area (Å²) in [5.74, 6) is 1.06. The highest BCUT2D eigenvalue weighted by molar-refractivity contribution is 5.45. The Morgan fingerprint density at radius 2 is 1.62 bits per heavy atom. The summed E-state index contributed by atoms with van der Waals surface area (Å²) >= 11 is 0. The van der Waals surface area contributed by atoms with Crippen molar-refractivity contribution in [3.63, 3.8) is 0 Å². The minimum absolute atomic E-state index is 0.247. The SMILES string of the molecule is COc1ccc(C(C)(N)Cc2ccc(F)cc2)cc1OC. The molecule has 2 aromatic rings. The van der Waals surface area contributed by atoms with Crippen LogP contribution < -0.4 is 15.2 Å². The Morgan fingerprint density at radius 3 is 2.19 bits per heavy atom. The van der Waals surface area contributed by atoms with Gasteiger partial charge in [0, 0.05) is 5.54 Å². The summed E-state index contributed by atoms with van der Waals surface area (Å²) in [6.07, 6.45) is 0.600. The fraction of sp³-hybridized carbons (Fsp3) is 0.294. The standard InChI is InChI=1S/C17H20FNO2/c1-17(19,11-12-4-7-14(18)8-5-12)13-6-9-15(20-2)16(10-13)21-3/h4-10H,11,19H2,1-3H3. The van der Waals surface area contributed by atoms with E-state index >= 15 is 0 Å². The van der Waals surface area contributed by atoms with E-state index in [2.05, 4.69) is 0 Å². The summed E-state index contributed by atoms with van der Waals surface area (Å²) in [6, 6.07) is 12.0. The second kappa shape index (κ2) is 6.14. The summed E-state index contributed by atoms with van der Waals surface area (Å²) in [6.45, 7) is 1.94. The number of hydrogen-bond donors (Lipinski definition) is 1. The fourth-order valence-corrected chi connectivity index (χ4v) is 2.32. The maximum Gasteiger partial charge on any atom is 0.161 e. The molecule has 0 amide bonds. The Labute approximate surface area is 124 Å². The Hall–Kier alpha value is -2.07. The van der Waals surface area contributed by atoms with E-state index < -0.39 is 5.54 Å². The minimum atomic E-state index is -0.586. The van der Waals surface area contributed by atoms with E-state index in [1.54, 1.807) is 26.4 Å². The second-order valence-corrected chi connectivity index (χ2v) is 5.29. The van der Waals surface area contributed by atoms with Crippen LogP contribution in [0.25, 0.3) is 0 Å². The van der Waals surface area contributed by atoms with Crippen molar-refractivity contribution < 1.29 is 13.9 Å². The van der Waals surface area contributed by atoms with Crippen LogP contribution in [0, 0.1) is 5.82 Å². The van der Waals surface area contributed by atoms with Crippen LogP contribution in [-0.2, 0) is 12.0 Å². The van der Waals surface area contributed by atoms with Crippen LogP contribution in [0.3, 0.4) is 0 Å². The molecule has 2 N–H and O–H groups in total. The highest BCUT2D eigenvalue weighted by Gasteiger charge is 2.23. The minimum Gasteiger partial charge on any atom is -0.493 e. The lowest BCUT2D eigenvalue weighted by atomic mass is 9.86. The van der Waals surface area contributed by atoms with Gasteiger partial charge in [0.1, 0.15) is 5.82 Å². The Kier molecular flexibility index (Phi) is 4.48. The molecule has 0 aliphatic carbocycles. The van der Waals surface area contributed by atoms with Crippen LogP contribution in [0.5, 0.6) is 11.5 Å². The maximum absolute atomic E-state index is 13.0. The van der Waals surface area contributed by atoms with Crippen LogP contribution in [0.1, 0.15) is 18.1 Å². The average molecular weight is 289 g/mol. The normalized spacial score (nSPS) is 13.6. The van der Waals surface area contributed by atoms with E-state index in [1.807, 2.05) is 25.1 Å². The van der Waals surface area contributed by atoms with Gasteiger partial charge in [-0.25, -0.2) is 4.39 Å². The van der Waals surface area contributed by atoms with Crippen molar-refractivity contribution in [2.45, 2.75) is 18.9 Å². The Morgan fingerprint density at radius 1 is 1.00 bits per heavy atom. The van der Waals surface area contributed by atoms with Crippen molar-refractivity contribution >= 4 is 0 Å². The van der Waals surface area contributed by atoms with Gasteiger partial charge in [0.25, 0.3) is 0 Å². The van der Waals surface area contributed by atoms with Gasteiger partial charge in [0.2, 0.25) is 0 Å². The van der Waals surface area contributed by atoms with Gasteiger partial charge in [-0.3, -0.25) is 0 Å². The third kappa shape index (κ3) is 3.52. The van der Waals surface area contributed by atoms with E-state index in [4.69, 9.17) is 15.2 Å². The summed E-state index contributed by atoms with van der Waals surface area (Å²) < 4.78 is 23.5. The van der Waals surface area contributed by atoms with Crippen molar-refractivity contribution in [2.75, 3.05) is 14.2 Å². The molecule has 112 valence electrons. The zero-order valence-corrected chi connectivity index (χ0v) is 12.5. The molecule has 0 aromatic heterocycles. The summed E-state index contributed by atoms with van der Waals surface area (Å²) in [7, 11) is 3.19. The predicted octanol–water partition coefficient (Wildman–Crippen LogP) is 3.26. The van der Waals surface area contributed by atoms with Crippen molar-refractivity contribution in [1.82, 2.24) is 0 Å². The van der Waals surface area contributed by atoms with Gasteiger partial charge in [-0.05, 0) is 48.7 Å². The summed E-state index contributed by atoms with van der Waals surface area (Å²) in [4.78, 5) is 0. The molecule has 3 nitrogen and oxygen atoms in total. The summed E-state index contributed by atoms with van der Waals surface area (Å²) in [5, 5.41) is 0. The van der Waals surface area contributed by atoms with Crippen molar-refractivity contribution in [2.24, 2.45) is 5.73 Å². The smallest absolute Gasteiger partial charge is 0.161 e. The molecule has 0 bridgehead atoms. The van der Waals surface area contributed by atoms with Crippen LogP contribution in [-0.4, -0.2) is 14.2 Å². The third-order valence-corrected chi connectivity index (χ3v) is 3.53. The van der Waals surface area contributed by atoms with Crippen molar-refractivity contribution in [3.05, 3.63) is 59.4 Å². The van der Waals surface area contributed by atoms with Crippen LogP contribution >= 0.6 is 0 Å². The van der Waals surface area contributed by atoms with Gasteiger partial charge in [-0.2, -0.15) is 0 Å². The van der Waals surface area contributed by atoms with Gasteiger partial charge in [-0.1, -0.05) is 18.2 Å². The number of benzene rings is 2. The molecule has 0 saturated heterocycles. The molecule has 0 spiro atoms. The Balaban J connectivity index is 2.28. The van der Waals surface area contributed by atoms with Crippen LogP contribution in [0.2, 0.25) is 0 Å². The first kappa shape index (κ1) is 15.3. The zero-order valence-electron chi connectivity index (χ0n) is 12.5. The van der Waals surface area contributed by atoms with Gasteiger partial charge in [-0.15, -0.1) is 0 Å². The van der Waals surface area contributed by atoms with Crippen LogP contribution in [0.15, 0.2) is 42.5 Å². The molecule has 0 saturated carbocycles. The van der Waals surface area contributed by atoms with Crippen LogP contribution in [0.4, 0.5) is 4.39 Å². The molecular weight excluding hydrogens is 269 g/mol. The number of hydrogen-bond acceptors (Lipinski definition) is 3. The molecule has 4 heteroatoms. The first-order valence-electron chi connectivity index (χ1n) is 6.72. The van der Waals surface area contributed by atoms with Gasteiger partial charge in [0.05, 0.1) is 14.2 Å².